The molecule has 0 spiro atoms. The highest BCUT2D eigenvalue weighted by atomic mass is 15.0. The van der Waals surface area contributed by atoms with Crippen LogP contribution in [-0.4, -0.2) is 14.5 Å². The summed E-state index contributed by atoms with van der Waals surface area (Å²) in [6.45, 7) is 0. The van der Waals surface area contributed by atoms with Gasteiger partial charge in [0.05, 0.1) is 22.2 Å². The highest BCUT2D eigenvalue weighted by Crippen LogP contribution is 2.52. The molecule has 0 radical (unpaired) electrons. The Kier molecular flexibility index (Phi) is 5.96. The van der Waals surface area contributed by atoms with Crippen LogP contribution in [0.1, 0.15) is 0 Å². The van der Waals surface area contributed by atoms with Crippen molar-refractivity contribution in [2.24, 2.45) is 0 Å². The highest BCUT2D eigenvalue weighted by Gasteiger charge is 2.26. The zero-order chi connectivity index (χ0) is 33.5. The van der Waals surface area contributed by atoms with Crippen LogP contribution in [0.15, 0.2) is 176 Å². The van der Waals surface area contributed by atoms with Gasteiger partial charge in [0.1, 0.15) is 0 Å². The molecule has 3 heteroatoms. The monoisotopic (exact) mass is 647 g/mol. The second-order valence-corrected chi connectivity index (χ2v) is 13.4. The zero-order valence-corrected chi connectivity index (χ0v) is 27.6. The first kappa shape index (κ1) is 28.0. The maximum absolute atomic E-state index is 5.14. The normalized spacial score (nSPS) is 11.9. The number of hydrogen-bond donors (Lipinski definition) is 0. The summed E-state index contributed by atoms with van der Waals surface area (Å²) in [5.41, 5.74) is 15.0. The van der Waals surface area contributed by atoms with Crippen LogP contribution < -0.4 is 0 Å². The van der Waals surface area contributed by atoms with Crippen molar-refractivity contribution in [1.29, 1.82) is 0 Å². The summed E-state index contributed by atoms with van der Waals surface area (Å²) in [4.78, 5) is 10.2. The molecule has 0 atom stereocenters. The molecule has 1 aliphatic carbocycles. The lowest BCUT2D eigenvalue weighted by Crippen LogP contribution is -1.96. The van der Waals surface area contributed by atoms with Crippen molar-refractivity contribution in [2.45, 2.75) is 0 Å². The van der Waals surface area contributed by atoms with E-state index < -0.39 is 0 Å². The minimum atomic E-state index is 0.730. The van der Waals surface area contributed by atoms with Crippen molar-refractivity contribution in [3.05, 3.63) is 176 Å². The molecular weight excluding hydrogens is 619 g/mol. The maximum atomic E-state index is 5.14. The number of fused-ring (bicyclic) bond motifs is 8. The van der Waals surface area contributed by atoms with Crippen molar-refractivity contribution in [2.75, 3.05) is 0 Å². The smallest absolute Gasteiger partial charge is 0.160 e. The van der Waals surface area contributed by atoms with E-state index in [4.69, 9.17) is 9.97 Å². The molecule has 0 saturated heterocycles. The number of para-hydroxylation sites is 1. The van der Waals surface area contributed by atoms with Crippen LogP contribution in [0.5, 0.6) is 0 Å². The van der Waals surface area contributed by atoms with E-state index in [1.807, 2.05) is 24.3 Å². The summed E-state index contributed by atoms with van der Waals surface area (Å²) in [7, 11) is 0. The average Bonchev–Trinajstić information content (AvgIpc) is 3.72. The lowest BCUT2D eigenvalue weighted by Gasteiger charge is -2.13. The molecular formula is C48H29N3. The fraction of sp³-hybridized carbons (Fsp3) is 0. The fourth-order valence-electron chi connectivity index (χ4n) is 8.28. The van der Waals surface area contributed by atoms with Gasteiger partial charge in [-0.15, -0.1) is 0 Å². The Hall–Kier alpha value is -6.84. The van der Waals surface area contributed by atoms with Gasteiger partial charge in [-0.1, -0.05) is 140 Å². The molecule has 51 heavy (non-hydrogen) atoms. The second kappa shape index (κ2) is 10.8. The van der Waals surface area contributed by atoms with Gasteiger partial charge in [0.2, 0.25) is 0 Å². The van der Waals surface area contributed by atoms with Crippen molar-refractivity contribution in [3.8, 4) is 61.7 Å². The summed E-state index contributed by atoms with van der Waals surface area (Å²) in [6.07, 6.45) is 0. The van der Waals surface area contributed by atoms with Crippen molar-refractivity contribution < 1.29 is 0 Å². The Morgan fingerprint density at radius 2 is 1.10 bits per heavy atom. The van der Waals surface area contributed by atoms with Gasteiger partial charge in [0.25, 0.3) is 0 Å². The minimum absolute atomic E-state index is 0.730. The van der Waals surface area contributed by atoms with Crippen LogP contribution in [0.2, 0.25) is 0 Å². The predicted molar refractivity (Wildman–Crippen MR) is 212 cm³/mol. The SMILES string of the molecule is c1ccc(-c2nc(-c3ccccc3)c3cc(-c4cccc(-n5c6ccccc6c6c7c(ccc65)-c5cccc6cccc-7c56)c4)ccc3n2)cc1. The Morgan fingerprint density at radius 3 is 1.94 bits per heavy atom. The van der Waals surface area contributed by atoms with Crippen molar-refractivity contribution >= 4 is 43.5 Å². The van der Waals surface area contributed by atoms with E-state index in [1.54, 1.807) is 0 Å². The molecule has 11 rings (SSSR count). The number of nitrogens with zero attached hydrogens (tertiary/aromatic N) is 3. The van der Waals surface area contributed by atoms with Crippen LogP contribution in [0, 0.1) is 0 Å². The van der Waals surface area contributed by atoms with Gasteiger partial charge in [0, 0.05) is 38.5 Å². The van der Waals surface area contributed by atoms with Crippen molar-refractivity contribution in [1.82, 2.24) is 14.5 Å². The molecule has 0 amide bonds. The molecule has 8 aromatic carbocycles. The second-order valence-electron chi connectivity index (χ2n) is 13.4. The van der Waals surface area contributed by atoms with Crippen LogP contribution in [0.25, 0.3) is 105 Å². The van der Waals surface area contributed by atoms with E-state index in [-0.39, 0.29) is 0 Å². The highest BCUT2D eigenvalue weighted by molar-refractivity contribution is 6.26. The molecule has 2 aromatic heterocycles. The summed E-state index contributed by atoms with van der Waals surface area (Å²) in [5, 5.41) is 6.25. The maximum Gasteiger partial charge on any atom is 0.160 e. The molecule has 0 N–H and O–H groups in total. The molecule has 0 unspecified atom stereocenters. The van der Waals surface area contributed by atoms with Gasteiger partial charge in [0.15, 0.2) is 5.82 Å². The molecule has 0 saturated carbocycles. The Morgan fingerprint density at radius 1 is 0.392 bits per heavy atom. The first-order chi connectivity index (χ1) is 25.3. The summed E-state index contributed by atoms with van der Waals surface area (Å²) < 4.78 is 2.43. The largest absolute Gasteiger partial charge is 0.309 e. The average molecular weight is 648 g/mol. The van der Waals surface area contributed by atoms with E-state index in [1.165, 1.54) is 54.8 Å². The van der Waals surface area contributed by atoms with Gasteiger partial charge in [-0.25, -0.2) is 9.97 Å². The van der Waals surface area contributed by atoms with E-state index in [2.05, 4.69) is 156 Å². The van der Waals surface area contributed by atoms with Gasteiger partial charge in [-0.2, -0.15) is 0 Å². The molecule has 0 fully saturated rings. The lowest BCUT2D eigenvalue weighted by molar-refractivity contribution is 1.18. The standard InChI is InChI=1S/C48H29N3/c1-3-12-31(13-4-1)47-40-29-34(24-26-41(40)49-48(50-47)32-14-5-2-6-15-32)33-18-9-19-35(28-33)51-42-23-8-7-20-38(42)46-43(51)27-25-37-36-21-10-16-30-17-11-22-39(44(30)36)45(37)46/h1-29H. The van der Waals surface area contributed by atoms with Gasteiger partial charge in [-0.3, -0.25) is 0 Å². The van der Waals surface area contributed by atoms with Crippen molar-refractivity contribution in [3.63, 3.8) is 0 Å². The summed E-state index contributed by atoms with van der Waals surface area (Å²) in [6, 6.07) is 63.0. The molecule has 1 aliphatic rings. The van der Waals surface area contributed by atoms with Crippen LogP contribution in [0.3, 0.4) is 0 Å². The topological polar surface area (TPSA) is 30.7 Å². The van der Waals surface area contributed by atoms with E-state index in [0.29, 0.717) is 0 Å². The Labute approximate surface area is 294 Å². The Bertz CT molecular complexity index is 3010. The lowest BCUT2D eigenvalue weighted by atomic mass is 9.98. The third-order valence-corrected chi connectivity index (χ3v) is 10.5. The number of hydrogen-bond acceptors (Lipinski definition) is 2. The number of aromatic nitrogens is 3. The van der Waals surface area contributed by atoms with Crippen LogP contribution in [-0.2, 0) is 0 Å². The first-order valence-electron chi connectivity index (χ1n) is 17.4. The summed E-state index contributed by atoms with van der Waals surface area (Å²) in [5.74, 6) is 0.730. The predicted octanol–water partition coefficient (Wildman–Crippen LogP) is 12.5. The van der Waals surface area contributed by atoms with Gasteiger partial charge in [-0.05, 0) is 75.0 Å². The van der Waals surface area contributed by atoms with E-state index in [0.717, 1.165) is 50.4 Å². The minimum Gasteiger partial charge on any atom is -0.309 e. The third-order valence-electron chi connectivity index (χ3n) is 10.5. The van der Waals surface area contributed by atoms with Crippen LogP contribution in [0.4, 0.5) is 0 Å². The van der Waals surface area contributed by atoms with Crippen LogP contribution >= 0.6 is 0 Å². The molecule has 10 aromatic rings. The van der Waals surface area contributed by atoms with E-state index in [9.17, 15) is 0 Å². The quantitative estimate of drug-likeness (QED) is 0.190. The first-order valence-corrected chi connectivity index (χ1v) is 17.4. The molecule has 0 aliphatic heterocycles. The zero-order valence-electron chi connectivity index (χ0n) is 27.6. The fourth-order valence-corrected chi connectivity index (χ4v) is 8.28. The number of rotatable bonds is 4. The van der Waals surface area contributed by atoms with E-state index >= 15 is 0 Å². The van der Waals surface area contributed by atoms with Gasteiger partial charge >= 0.3 is 0 Å². The summed E-state index contributed by atoms with van der Waals surface area (Å²) >= 11 is 0. The molecule has 0 bridgehead atoms. The molecule has 236 valence electrons. The molecule has 3 nitrogen and oxygen atoms in total. The third kappa shape index (κ3) is 4.19. The Balaban J connectivity index is 1.11. The van der Waals surface area contributed by atoms with Gasteiger partial charge < -0.3 is 4.57 Å². The number of benzene rings is 8. The molecule has 2 heterocycles.